The Morgan fingerprint density at radius 1 is 0.882 bits per heavy atom. The molecule has 0 aliphatic carbocycles. The molecule has 1 unspecified atom stereocenters. The maximum atomic E-state index is 13.1. The molecule has 0 spiro atoms. The normalized spacial score (nSPS) is 15.9. The fourth-order valence-electron chi connectivity index (χ4n) is 8.60. The predicted octanol–water partition coefficient (Wildman–Crippen LogP) is 3.28. The lowest BCUT2D eigenvalue weighted by Gasteiger charge is -2.28. The Bertz CT molecular complexity index is 2890. The zero-order valence-electron chi connectivity index (χ0n) is 38.0. The van der Waals surface area contributed by atoms with Crippen LogP contribution in [0.2, 0.25) is 0 Å². The molecule has 21 nitrogen and oxygen atoms in total. The molecule has 1 fully saturated rings. The predicted molar refractivity (Wildman–Crippen MR) is 249 cm³/mol. The zero-order valence-corrected chi connectivity index (χ0v) is 38.0. The quantitative estimate of drug-likeness (QED) is 0.0578. The monoisotopic (exact) mass is 924 g/mol. The number of para-hydroxylation sites is 1. The molecule has 3 aliphatic rings. The number of benzene rings is 3. The first-order chi connectivity index (χ1) is 33.0. The van der Waals surface area contributed by atoms with Gasteiger partial charge in [0.15, 0.2) is 11.5 Å². The van der Waals surface area contributed by atoms with E-state index in [-0.39, 0.29) is 49.6 Å². The van der Waals surface area contributed by atoms with Gasteiger partial charge in [0.05, 0.1) is 61.7 Å². The number of imide groups is 2. The number of ether oxygens (including phenoxy) is 2. The number of nitrogens with zero attached hydrogens (tertiary/aromatic N) is 9. The maximum absolute atomic E-state index is 13.1. The van der Waals surface area contributed by atoms with E-state index < -0.39 is 29.7 Å². The minimum Gasteiger partial charge on any atom is -0.377 e. The van der Waals surface area contributed by atoms with Crippen molar-refractivity contribution in [2.24, 2.45) is 7.05 Å². The number of piperidine rings is 1. The highest BCUT2D eigenvalue weighted by molar-refractivity contribution is 6.23. The van der Waals surface area contributed by atoms with E-state index in [9.17, 15) is 24.0 Å². The number of rotatable bonds is 19. The Balaban J connectivity index is 0.651. The molecule has 352 valence electrons. The molecular weight excluding hydrogens is 873 g/mol. The van der Waals surface area contributed by atoms with Gasteiger partial charge in [0, 0.05) is 69.1 Å². The number of hydrogen-bond donors (Lipinski definition) is 5. The lowest BCUT2D eigenvalue weighted by molar-refractivity contribution is -0.136. The van der Waals surface area contributed by atoms with E-state index in [0.717, 1.165) is 63.6 Å². The lowest BCUT2D eigenvalue weighted by atomic mass is 9.99. The van der Waals surface area contributed by atoms with E-state index in [1.807, 2.05) is 19.3 Å². The first kappa shape index (κ1) is 45.5. The first-order valence-electron chi connectivity index (χ1n) is 22.5. The Labute approximate surface area is 390 Å². The van der Waals surface area contributed by atoms with Gasteiger partial charge in [0.1, 0.15) is 6.04 Å². The molecule has 3 aromatic carbocycles. The topological polar surface area (TPSA) is 245 Å². The molecule has 6 aromatic rings. The van der Waals surface area contributed by atoms with Crippen molar-refractivity contribution < 1.29 is 33.4 Å². The minimum absolute atomic E-state index is 0.0385. The molecule has 0 saturated carbocycles. The fraction of sp³-hybridized carbons (Fsp3) is 0.362. The number of carbonyl (C=O) groups excluding carboxylic acids is 5. The van der Waals surface area contributed by atoms with Crippen LogP contribution in [0, 0.1) is 13.8 Å². The molecule has 5 N–H and O–H groups in total. The third kappa shape index (κ3) is 10.2. The van der Waals surface area contributed by atoms with Gasteiger partial charge in [-0.25, -0.2) is 14.3 Å². The number of nitrogens with one attached hydrogen (secondary N) is 5. The Hall–Kier alpha value is -7.62. The second kappa shape index (κ2) is 20.1. The van der Waals surface area contributed by atoms with Crippen LogP contribution in [0.4, 0.5) is 28.8 Å². The van der Waals surface area contributed by atoms with Crippen LogP contribution in [0.1, 0.15) is 61.5 Å². The third-order valence-corrected chi connectivity index (χ3v) is 12.1. The van der Waals surface area contributed by atoms with Crippen LogP contribution in [0.15, 0.2) is 67.0 Å². The van der Waals surface area contributed by atoms with Gasteiger partial charge in [0.25, 0.3) is 11.8 Å². The molecule has 9 rings (SSSR count). The summed E-state index contributed by atoms with van der Waals surface area (Å²) >= 11 is 0. The minimum atomic E-state index is -1.05. The summed E-state index contributed by atoms with van der Waals surface area (Å²) in [5.74, 6) is -1.41. The van der Waals surface area contributed by atoms with Gasteiger partial charge in [-0.15, -0.1) is 5.10 Å². The molecule has 3 aromatic heterocycles. The Morgan fingerprint density at radius 2 is 1.68 bits per heavy atom. The van der Waals surface area contributed by atoms with Crippen molar-refractivity contribution in [2.75, 3.05) is 62.0 Å². The molecular formula is C47H52N14O7. The Kier molecular flexibility index (Phi) is 13.4. The summed E-state index contributed by atoms with van der Waals surface area (Å²) in [6.07, 6.45) is 4.79. The van der Waals surface area contributed by atoms with Crippen molar-refractivity contribution in [1.29, 1.82) is 0 Å². The van der Waals surface area contributed by atoms with E-state index in [0.29, 0.717) is 50.4 Å². The summed E-state index contributed by atoms with van der Waals surface area (Å²) in [6, 6.07) is 16.1. The van der Waals surface area contributed by atoms with Gasteiger partial charge < -0.3 is 30.7 Å². The largest absolute Gasteiger partial charge is 0.377 e. The van der Waals surface area contributed by atoms with Crippen molar-refractivity contribution in [1.82, 2.24) is 55.2 Å². The van der Waals surface area contributed by atoms with Gasteiger partial charge >= 0.3 is 0 Å². The molecule has 6 heterocycles. The van der Waals surface area contributed by atoms with Gasteiger partial charge in [-0.05, 0) is 79.3 Å². The number of anilines is 5. The summed E-state index contributed by atoms with van der Waals surface area (Å²) in [4.78, 5) is 75.0. The first-order valence-corrected chi connectivity index (χ1v) is 22.5. The SMILES string of the molecule is Cc1cccc(C)c1Nc1nn(C)c2nc(Nc3ccc4c(c3)CN(Cc3cn(CCOCCOCCNC(=O)CNc5ccc6c(c5)C(=O)N(C5CCC(=O)NC5=O)C6=O)nn3)CC4)ncc12. The van der Waals surface area contributed by atoms with Crippen LogP contribution >= 0.6 is 0 Å². The average molecular weight is 925 g/mol. The van der Waals surface area contributed by atoms with E-state index in [4.69, 9.17) is 19.6 Å². The average Bonchev–Trinajstić information content (AvgIpc) is 3.98. The van der Waals surface area contributed by atoms with E-state index in [2.05, 4.69) is 91.0 Å². The highest BCUT2D eigenvalue weighted by atomic mass is 16.5. The third-order valence-electron chi connectivity index (χ3n) is 12.1. The molecule has 68 heavy (non-hydrogen) atoms. The smallest absolute Gasteiger partial charge is 0.262 e. The van der Waals surface area contributed by atoms with Gasteiger partial charge in [0.2, 0.25) is 23.7 Å². The molecule has 1 saturated heterocycles. The number of hydrogen-bond acceptors (Lipinski definition) is 16. The molecule has 3 aliphatic heterocycles. The Morgan fingerprint density at radius 3 is 2.50 bits per heavy atom. The molecule has 0 radical (unpaired) electrons. The van der Waals surface area contributed by atoms with Crippen molar-refractivity contribution >= 4 is 69.4 Å². The fourth-order valence-corrected chi connectivity index (χ4v) is 8.60. The van der Waals surface area contributed by atoms with Gasteiger partial charge in [-0.3, -0.25) is 39.1 Å². The highest BCUT2D eigenvalue weighted by Crippen LogP contribution is 2.31. The van der Waals surface area contributed by atoms with Crippen molar-refractivity contribution in [3.63, 3.8) is 0 Å². The standard InChI is InChI=1S/C47H52N14O7/c1-28-5-4-6-29(2)41(28)53-42-37-23-50-47(54-43(37)58(3)56-42)51-33-8-7-30-13-15-59(25-31(30)21-33)26-34-27-60(57-55-34)16-18-68-20-19-67-17-14-48-40(63)24-49-32-9-10-35-36(22-32)46(66)61(45(35)65)38-11-12-39(62)52-44(38)64/h4-10,21-23,27,38,49H,11-20,24-26H2,1-3H3,(H,48,63)(H,53,56)(H,50,51,54)(H,52,62,64). The number of fused-ring (bicyclic) bond motifs is 3. The number of aromatic nitrogens is 7. The number of aryl methyl sites for hydroxylation is 3. The van der Waals surface area contributed by atoms with Crippen molar-refractivity contribution in [3.8, 4) is 0 Å². The number of carbonyl (C=O) groups is 5. The molecule has 0 bridgehead atoms. The van der Waals surface area contributed by atoms with Gasteiger partial charge in [-0.2, -0.15) is 10.1 Å². The van der Waals surface area contributed by atoms with Crippen LogP contribution in [0.5, 0.6) is 0 Å². The molecule has 5 amide bonds. The van der Waals surface area contributed by atoms with Crippen molar-refractivity contribution in [2.45, 2.75) is 58.8 Å². The van der Waals surface area contributed by atoms with Crippen LogP contribution < -0.4 is 26.6 Å². The van der Waals surface area contributed by atoms with Crippen LogP contribution in [-0.4, -0.2) is 126 Å². The zero-order chi connectivity index (χ0) is 47.3. The van der Waals surface area contributed by atoms with Crippen LogP contribution in [0.25, 0.3) is 11.0 Å². The van der Waals surface area contributed by atoms with Crippen molar-refractivity contribution in [3.05, 3.63) is 106 Å². The van der Waals surface area contributed by atoms with E-state index in [1.165, 1.54) is 23.3 Å². The van der Waals surface area contributed by atoms with Crippen LogP contribution in [-0.2, 0) is 57.0 Å². The lowest BCUT2D eigenvalue weighted by Crippen LogP contribution is -2.54. The van der Waals surface area contributed by atoms with E-state index >= 15 is 0 Å². The summed E-state index contributed by atoms with van der Waals surface area (Å²) in [5.41, 5.74) is 9.12. The summed E-state index contributed by atoms with van der Waals surface area (Å²) in [6.45, 7) is 8.69. The summed E-state index contributed by atoms with van der Waals surface area (Å²) in [7, 11) is 1.88. The molecule has 21 heteroatoms. The summed E-state index contributed by atoms with van der Waals surface area (Å²) in [5, 5.41) is 29.0. The number of amides is 5. The highest BCUT2D eigenvalue weighted by Gasteiger charge is 2.44. The molecule has 1 atom stereocenters. The second-order valence-corrected chi connectivity index (χ2v) is 17.0. The van der Waals surface area contributed by atoms with Gasteiger partial charge in [-0.1, -0.05) is 29.5 Å². The maximum Gasteiger partial charge on any atom is 0.262 e. The second-order valence-electron chi connectivity index (χ2n) is 17.0. The van der Waals surface area contributed by atoms with E-state index in [1.54, 1.807) is 21.6 Å². The van der Waals surface area contributed by atoms with Crippen LogP contribution in [0.3, 0.4) is 0 Å². The summed E-state index contributed by atoms with van der Waals surface area (Å²) < 4.78 is 14.9.